The van der Waals surface area contributed by atoms with Gasteiger partial charge >= 0.3 is 0 Å². The Balaban J connectivity index is 3.51. The summed E-state index contributed by atoms with van der Waals surface area (Å²) in [5.74, 6) is 0. The lowest BCUT2D eigenvalue weighted by Crippen LogP contribution is -2.24. The smallest absolute Gasteiger partial charge is 0.180 e. The molecule has 0 aromatic heterocycles. The first-order chi connectivity index (χ1) is 10.3. The van der Waals surface area contributed by atoms with Crippen LogP contribution in [0.3, 0.4) is 0 Å². The molecule has 0 heterocycles. The lowest BCUT2D eigenvalue weighted by molar-refractivity contribution is -0.173. The number of hydrogen-bond donors (Lipinski definition) is 0. The molecule has 0 fully saturated rings. The second-order valence-corrected chi connectivity index (χ2v) is 5.72. The minimum atomic E-state index is -0.179. The van der Waals surface area contributed by atoms with E-state index in [-0.39, 0.29) is 6.29 Å². The van der Waals surface area contributed by atoms with Crippen molar-refractivity contribution < 1.29 is 14.2 Å². The minimum absolute atomic E-state index is 0.179. The highest BCUT2D eigenvalue weighted by Gasteiger charge is 2.09. The van der Waals surface area contributed by atoms with E-state index in [9.17, 15) is 0 Å². The molecule has 0 bridgehead atoms. The van der Waals surface area contributed by atoms with Gasteiger partial charge in [-0.05, 0) is 19.3 Å². The van der Waals surface area contributed by atoms with Crippen LogP contribution in [0, 0.1) is 0 Å². The maximum Gasteiger partial charge on any atom is 0.180 e. The summed E-state index contributed by atoms with van der Waals surface area (Å²) < 4.78 is 17.1. The lowest BCUT2D eigenvalue weighted by atomic mass is 10.1. The molecule has 1 atom stereocenters. The minimum Gasteiger partial charge on any atom is -0.376 e. The molecular weight excluding hydrogens is 264 g/mol. The number of rotatable bonds is 17. The fourth-order valence-corrected chi connectivity index (χ4v) is 2.12. The molecule has 0 amide bonds. The normalized spacial score (nSPS) is 12.7. The molecule has 0 aliphatic rings. The summed E-state index contributed by atoms with van der Waals surface area (Å²) >= 11 is 0. The van der Waals surface area contributed by atoms with Crippen LogP contribution in [0.4, 0.5) is 0 Å². The molecular formula is C18H38O3. The van der Waals surface area contributed by atoms with Crippen molar-refractivity contribution in [2.24, 2.45) is 0 Å². The molecule has 0 aromatic rings. The van der Waals surface area contributed by atoms with E-state index in [1.807, 2.05) is 0 Å². The van der Waals surface area contributed by atoms with Crippen LogP contribution in [0.25, 0.3) is 0 Å². The molecule has 0 aliphatic carbocycles. The standard InChI is InChI=1S/C18H38O3/c1-4-7-9-10-11-13-15-19-17-18(20-14-6-3)21-16-12-8-5-2/h18H,4-17H2,1-3H3. The Morgan fingerprint density at radius 1 is 0.571 bits per heavy atom. The average molecular weight is 302 g/mol. The van der Waals surface area contributed by atoms with Gasteiger partial charge in [-0.1, -0.05) is 65.7 Å². The largest absolute Gasteiger partial charge is 0.376 e. The van der Waals surface area contributed by atoms with Crippen molar-refractivity contribution in [2.45, 2.75) is 91.3 Å². The van der Waals surface area contributed by atoms with E-state index in [0.29, 0.717) is 6.61 Å². The van der Waals surface area contributed by atoms with E-state index in [1.165, 1.54) is 44.9 Å². The van der Waals surface area contributed by atoms with Gasteiger partial charge in [0.15, 0.2) is 6.29 Å². The molecule has 0 N–H and O–H groups in total. The van der Waals surface area contributed by atoms with E-state index in [0.717, 1.165) is 39.1 Å². The van der Waals surface area contributed by atoms with E-state index in [1.54, 1.807) is 0 Å². The van der Waals surface area contributed by atoms with Crippen molar-refractivity contribution in [3.63, 3.8) is 0 Å². The monoisotopic (exact) mass is 302 g/mol. The van der Waals surface area contributed by atoms with E-state index in [2.05, 4.69) is 20.8 Å². The molecule has 0 aliphatic heterocycles. The molecule has 0 radical (unpaired) electrons. The third-order valence-corrected chi connectivity index (χ3v) is 3.46. The topological polar surface area (TPSA) is 27.7 Å². The quantitative estimate of drug-likeness (QED) is 0.269. The molecule has 0 rings (SSSR count). The van der Waals surface area contributed by atoms with E-state index < -0.39 is 0 Å². The van der Waals surface area contributed by atoms with Crippen LogP contribution in [-0.4, -0.2) is 32.7 Å². The SMILES string of the molecule is CCCCCCCCOCC(OCCC)OCCCCC. The molecule has 0 saturated heterocycles. The highest BCUT2D eigenvalue weighted by molar-refractivity contribution is 4.47. The summed E-state index contributed by atoms with van der Waals surface area (Å²) in [5, 5.41) is 0. The molecule has 1 unspecified atom stereocenters. The van der Waals surface area contributed by atoms with E-state index >= 15 is 0 Å². The first kappa shape index (κ1) is 20.9. The zero-order valence-electron chi connectivity index (χ0n) is 14.7. The Hall–Kier alpha value is -0.120. The first-order valence-corrected chi connectivity index (χ1v) is 9.16. The Morgan fingerprint density at radius 2 is 1.14 bits per heavy atom. The summed E-state index contributed by atoms with van der Waals surface area (Å²) in [7, 11) is 0. The average Bonchev–Trinajstić information content (AvgIpc) is 2.50. The molecule has 3 heteroatoms. The number of ether oxygens (including phenoxy) is 3. The second kappa shape index (κ2) is 17.9. The summed E-state index contributed by atoms with van der Waals surface area (Å²) in [6, 6.07) is 0. The van der Waals surface area contributed by atoms with Gasteiger partial charge < -0.3 is 14.2 Å². The van der Waals surface area contributed by atoms with Crippen LogP contribution in [-0.2, 0) is 14.2 Å². The van der Waals surface area contributed by atoms with Crippen molar-refractivity contribution in [3.05, 3.63) is 0 Å². The number of hydrogen-bond acceptors (Lipinski definition) is 3. The van der Waals surface area contributed by atoms with Crippen molar-refractivity contribution in [2.75, 3.05) is 26.4 Å². The van der Waals surface area contributed by atoms with Gasteiger partial charge in [0.1, 0.15) is 0 Å². The van der Waals surface area contributed by atoms with Crippen LogP contribution in [0.1, 0.15) is 85.0 Å². The Bertz CT molecular complexity index is 185. The summed E-state index contributed by atoms with van der Waals surface area (Å²) in [4.78, 5) is 0. The zero-order chi connectivity index (χ0) is 15.6. The first-order valence-electron chi connectivity index (χ1n) is 9.16. The van der Waals surface area contributed by atoms with Crippen molar-refractivity contribution >= 4 is 0 Å². The van der Waals surface area contributed by atoms with Crippen molar-refractivity contribution in [1.29, 1.82) is 0 Å². The molecule has 3 nitrogen and oxygen atoms in total. The molecule has 0 aromatic carbocycles. The molecule has 0 spiro atoms. The third-order valence-electron chi connectivity index (χ3n) is 3.46. The van der Waals surface area contributed by atoms with Crippen LogP contribution < -0.4 is 0 Å². The van der Waals surface area contributed by atoms with Gasteiger partial charge in [0.05, 0.1) is 6.61 Å². The van der Waals surface area contributed by atoms with E-state index in [4.69, 9.17) is 14.2 Å². The maximum atomic E-state index is 5.76. The summed E-state index contributed by atoms with van der Waals surface area (Å²) in [5.41, 5.74) is 0. The van der Waals surface area contributed by atoms with Gasteiger partial charge in [0.2, 0.25) is 0 Å². The molecule has 0 saturated carbocycles. The summed E-state index contributed by atoms with van der Waals surface area (Å²) in [6.07, 6.45) is 12.2. The Morgan fingerprint density at radius 3 is 1.86 bits per heavy atom. The van der Waals surface area contributed by atoms with Crippen LogP contribution >= 0.6 is 0 Å². The van der Waals surface area contributed by atoms with Crippen molar-refractivity contribution in [1.82, 2.24) is 0 Å². The highest BCUT2D eigenvalue weighted by Crippen LogP contribution is 2.06. The van der Waals surface area contributed by atoms with Gasteiger partial charge in [-0.3, -0.25) is 0 Å². The fourth-order valence-electron chi connectivity index (χ4n) is 2.12. The van der Waals surface area contributed by atoms with Crippen LogP contribution in [0.15, 0.2) is 0 Å². The lowest BCUT2D eigenvalue weighted by Gasteiger charge is -2.18. The summed E-state index contributed by atoms with van der Waals surface area (Å²) in [6.45, 7) is 9.50. The third kappa shape index (κ3) is 16.1. The van der Waals surface area contributed by atoms with Crippen molar-refractivity contribution in [3.8, 4) is 0 Å². The van der Waals surface area contributed by atoms with Gasteiger partial charge in [-0.25, -0.2) is 0 Å². The molecule has 21 heavy (non-hydrogen) atoms. The van der Waals surface area contributed by atoms with Gasteiger partial charge in [0, 0.05) is 19.8 Å². The Kier molecular flexibility index (Phi) is 17.8. The van der Waals surface area contributed by atoms with Crippen LogP contribution in [0.2, 0.25) is 0 Å². The number of unbranched alkanes of at least 4 members (excludes halogenated alkanes) is 7. The van der Waals surface area contributed by atoms with Gasteiger partial charge in [-0.2, -0.15) is 0 Å². The fraction of sp³-hybridized carbons (Fsp3) is 1.00. The predicted octanol–water partition coefficient (Wildman–Crippen LogP) is 5.32. The van der Waals surface area contributed by atoms with Gasteiger partial charge in [0.25, 0.3) is 0 Å². The maximum absolute atomic E-state index is 5.76. The second-order valence-electron chi connectivity index (χ2n) is 5.72. The zero-order valence-corrected chi connectivity index (χ0v) is 14.7. The Labute approximate surface area is 132 Å². The highest BCUT2D eigenvalue weighted by atomic mass is 16.7. The van der Waals surface area contributed by atoms with Gasteiger partial charge in [-0.15, -0.1) is 0 Å². The predicted molar refractivity (Wildman–Crippen MR) is 89.7 cm³/mol. The molecule has 128 valence electrons. The van der Waals surface area contributed by atoms with Crippen LogP contribution in [0.5, 0.6) is 0 Å².